The third-order valence-corrected chi connectivity index (χ3v) is 5.02. The van der Waals surface area contributed by atoms with Gasteiger partial charge >= 0.3 is 0 Å². The van der Waals surface area contributed by atoms with Crippen LogP contribution in [0.2, 0.25) is 0 Å². The van der Waals surface area contributed by atoms with Gasteiger partial charge in [-0.1, -0.05) is 42.5 Å². The van der Waals surface area contributed by atoms with Crippen molar-refractivity contribution in [3.8, 4) is 5.75 Å². The van der Waals surface area contributed by atoms with Gasteiger partial charge in [0.1, 0.15) is 18.9 Å². The third kappa shape index (κ3) is 3.75. The van der Waals surface area contributed by atoms with Gasteiger partial charge in [0, 0.05) is 5.69 Å². The Bertz CT molecular complexity index is 1000. The maximum absolute atomic E-state index is 12.6. The molecule has 0 atom stereocenters. The van der Waals surface area contributed by atoms with Gasteiger partial charge in [-0.25, -0.2) is 0 Å². The zero-order valence-electron chi connectivity index (χ0n) is 15.5. The fourth-order valence-corrected chi connectivity index (χ4v) is 3.56. The zero-order valence-corrected chi connectivity index (χ0v) is 16.4. The zero-order chi connectivity index (χ0) is 19.5. The molecule has 5 heteroatoms. The molecule has 140 valence electrons. The lowest BCUT2D eigenvalue weighted by molar-refractivity contribution is -0.115. The molecule has 28 heavy (non-hydrogen) atoms. The Morgan fingerprint density at radius 1 is 0.929 bits per heavy atom. The molecule has 3 aromatic carbocycles. The van der Waals surface area contributed by atoms with Crippen LogP contribution in [0.4, 0.5) is 11.4 Å². The lowest BCUT2D eigenvalue weighted by atomic mass is 10.2. The van der Waals surface area contributed by atoms with Crippen molar-refractivity contribution in [2.45, 2.75) is 13.5 Å². The van der Waals surface area contributed by atoms with E-state index < -0.39 is 0 Å². The number of ether oxygens (including phenoxy) is 1. The van der Waals surface area contributed by atoms with Gasteiger partial charge in [-0.05, 0) is 66.7 Å². The first-order valence-electron chi connectivity index (χ1n) is 9.10. The van der Waals surface area contributed by atoms with Crippen molar-refractivity contribution >= 4 is 34.6 Å². The minimum Gasteiger partial charge on any atom is -0.489 e. The average Bonchev–Trinajstić information content (AvgIpc) is 3.02. The molecule has 0 aromatic heterocycles. The molecular weight excluding hydrogens is 368 g/mol. The average molecular weight is 388 g/mol. The Morgan fingerprint density at radius 3 is 2.39 bits per heavy atom. The molecule has 1 aliphatic rings. The SMILES string of the molecule is Cc1cccc(N2CC(=O)N(c3ccc(OCc4ccccc4)cc3)C2=S)c1. The minimum atomic E-state index is -0.0375. The molecule has 1 fully saturated rings. The van der Waals surface area contributed by atoms with Crippen molar-refractivity contribution in [1.82, 2.24) is 0 Å². The van der Waals surface area contributed by atoms with Gasteiger partial charge in [0.05, 0.1) is 5.69 Å². The van der Waals surface area contributed by atoms with Gasteiger partial charge in [0.15, 0.2) is 5.11 Å². The summed E-state index contributed by atoms with van der Waals surface area (Å²) >= 11 is 5.59. The number of carbonyl (C=O) groups excluding carboxylic acids is 1. The summed E-state index contributed by atoms with van der Waals surface area (Å²) in [6.45, 7) is 2.77. The maximum atomic E-state index is 12.6. The first-order chi connectivity index (χ1) is 13.6. The highest BCUT2D eigenvalue weighted by Crippen LogP contribution is 2.28. The number of rotatable bonds is 5. The van der Waals surface area contributed by atoms with Crippen LogP contribution in [0.5, 0.6) is 5.75 Å². The number of anilines is 2. The van der Waals surface area contributed by atoms with Crippen molar-refractivity contribution in [3.05, 3.63) is 90.0 Å². The molecule has 1 saturated heterocycles. The summed E-state index contributed by atoms with van der Waals surface area (Å²) in [5, 5.41) is 0.494. The monoisotopic (exact) mass is 388 g/mol. The van der Waals surface area contributed by atoms with E-state index >= 15 is 0 Å². The summed E-state index contributed by atoms with van der Waals surface area (Å²) in [5.41, 5.74) is 3.92. The number of thiocarbonyl (C=S) groups is 1. The second kappa shape index (κ2) is 7.82. The van der Waals surface area contributed by atoms with Crippen molar-refractivity contribution in [2.24, 2.45) is 0 Å². The quantitative estimate of drug-likeness (QED) is 0.593. The number of carbonyl (C=O) groups is 1. The normalized spacial score (nSPS) is 13.9. The van der Waals surface area contributed by atoms with E-state index in [0.29, 0.717) is 11.7 Å². The van der Waals surface area contributed by atoms with E-state index in [2.05, 4.69) is 0 Å². The summed E-state index contributed by atoms with van der Waals surface area (Å²) in [7, 11) is 0. The first-order valence-corrected chi connectivity index (χ1v) is 9.50. The Labute approximate surface area is 170 Å². The Balaban J connectivity index is 1.48. The molecule has 0 aliphatic carbocycles. The molecule has 0 radical (unpaired) electrons. The number of benzene rings is 3. The minimum absolute atomic E-state index is 0.0375. The standard InChI is InChI=1S/C23H20N2O2S/c1-17-6-5-9-20(14-17)24-15-22(26)25(23(24)28)19-10-12-21(13-11-19)27-16-18-7-3-2-4-8-18/h2-14H,15-16H2,1H3. The molecule has 0 saturated carbocycles. The van der Waals surface area contributed by atoms with Crippen LogP contribution in [0, 0.1) is 6.92 Å². The van der Waals surface area contributed by atoms with E-state index in [9.17, 15) is 4.79 Å². The molecule has 1 aliphatic heterocycles. The third-order valence-electron chi connectivity index (χ3n) is 4.62. The highest BCUT2D eigenvalue weighted by molar-refractivity contribution is 7.81. The lowest BCUT2D eigenvalue weighted by Crippen LogP contribution is -2.32. The van der Waals surface area contributed by atoms with E-state index in [1.165, 1.54) is 0 Å². The molecule has 4 rings (SSSR count). The number of amides is 1. The number of nitrogens with zero attached hydrogens (tertiary/aromatic N) is 2. The van der Waals surface area contributed by atoms with Gasteiger partial charge in [0.25, 0.3) is 5.91 Å². The van der Waals surface area contributed by atoms with Crippen LogP contribution in [0.15, 0.2) is 78.9 Å². The van der Waals surface area contributed by atoms with E-state index in [1.807, 2.05) is 90.7 Å². The predicted octanol–water partition coefficient (Wildman–Crippen LogP) is 4.71. The summed E-state index contributed by atoms with van der Waals surface area (Å²) in [4.78, 5) is 16.1. The van der Waals surface area contributed by atoms with Crippen molar-refractivity contribution in [2.75, 3.05) is 16.3 Å². The molecule has 0 unspecified atom stereocenters. The highest BCUT2D eigenvalue weighted by atomic mass is 32.1. The summed E-state index contributed by atoms with van der Waals surface area (Å²) in [5.74, 6) is 0.713. The van der Waals surface area contributed by atoms with E-state index in [4.69, 9.17) is 17.0 Å². The van der Waals surface area contributed by atoms with Crippen LogP contribution in [-0.4, -0.2) is 17.6 Å². The molecule has 1 heterocycles. The first kappa shape index (κ1) is 18.2. The summed E-state index contributed by atoms with van der Waals surface area (Å²) in [6.07, 6.45) is 0. The van der Waals surface area contributed by atoms with Crippen molar-refractivity contribution in [3.63, 3.8) is 0 Å². The Kier molecular flexibility index (Phi) is 5.08. The smallest absolute Gasteiger partial charge is 0.253 e. The Morgan fingerprint density at radius 2 is 1.68 bits per heavy atom. The van der Waals surface area contributed by atoms with Crippen LogP contribution in [0.1, 0.15) is 11.1 Å². The molecule has 3 aromatic rings. The topological polar surface area (TPSA) is 32.8 Å². The van der Waals surface area contributed by atoms with Gasteiger partial charge in [-0.2, -0.15) is 0 Å². The predicted molar refractivity (Wildman–Crippen MR) is 116 cm³/mol. The van der Waals surface area contributed by atoms with E-state index in [1.54, 1.807) is 4.90 Å². The van der Waals surface area contributed by atoms with E-state index in [-0.39, 0.29) is 12.5 Å². The van der Waals surface area contributed by atoms with Crippen LogP contribution < -0.4 is 14.5 Å². The number of aryl methyl sites for hydroxylation is 1. The van der Waals surface area contributed by atoms with Gasteiger partial charge in [-0.3, -0.25) is 9.69 Å². The van der Waals surface area contributed by atoms with Crippen molar-refractivity contribution < 1.29 is 9.53 Å². The molecular formula is C23H20N2O2S. The molecule has 0 spiro atoms. The molecule has 4 nitrogen and oxygen atoms in total. The van der Waals surface area contributed by atoms with Crippen LogP contribution in [-0.2, 0) is 11.4 Å². The fourth-order valence-electron chi connectivity index (χ4n) is 3.19. The van der Waals surface area contributed by atoms with Gasteiger partial charge < -0.3 is 9.64 Å². The summed E-state index contributed by atoms with van der Waals surface area (Å²) < 4.78 is 5.82. The molecule has 0 N–H and O–H groups in total. The van der Waals surface area contributed by atoms with E-state index in [0.717, 1.165) is 28.3 Å². The highest BCUT2D eigenvalue weighted by Gasteiger charge is 2.34. The largest absolute Gasteiger partial charge is 0.489 e. The number of hydrogen-bond acceptors (Lipinski definition) is 3. The second-order valence-corrected chi connectivity index (χ2v) is 7.07. The van der Waals surface area contributed by atoms with Crippen LogP contribution >= 0.6 is 12.2 Å². The fraction of sp³-hybridized carbons (Fsp3) is 0.130. The van der Waals surface area contributed by atoms with Gasteiger partial charge in [0.2, 0.25) is 0 Å². The summed E-state index contributed by atoms with van der Waals surface area (Å²) in [6, 6.07) is 25.5. The molecule has 1 amide bonds. The lowest BCUT2D eigenvalue weighted by Gasteiger charge is -2.21. The number of hydrogen-bond donors (Lipinski definition) is 0. The van der Waals surface area contributed by atoms with Crippen LogP contribution in [0.25, 0.3) is 0 Å². The molecule has 0 bridgehead atoms. The van der Waals surface area contributed by atoms with Crippen molar-refractivity contribution in [1.29, 1.82) is 0 Å². The second-order valence-electron chi connectivity index (χ2n) is 6.71. The van der Waals surface area contributed by atoms with Gasteiger partial charge in [-0.15, -0.1) is 0 Å². The maximum Gasteiger partial charge on any atom is 0.253 e. The Hall–Kier alpha value is -3.18. The van der Waals surface area contributed by atoms with Crippen LogP contribution in [0.3, 0.4) is 0 Å².